The van der Waals surface area contributed by atoms with Crippen molar-refractivity contribution in [3.8, 4) is 0 Å². The van der Waals surface area contributed by atoms with Gasteiger partial charge in [0.25, 0.3) is 0 Å². The zero-order chi connectivity index (χ0) is 5.70. The van der Waals surface area contributed by atoms with E-state index in [0.29, 0.717) is 12.5 Å². The zero-order valence-electron chi connectivity index (χ0n) is 4.51. The average molecular weight is 100 g/mol. The molecule has 0 radical (unpaired) electrons. The summed E-state index contributed by atoms with van der Waals surface area (Å²) in [4.78, 5) is 2.77. The molecule has 0 N–H and O–H groups in total. The number of ether oxygens (including phenoxy) is 1. The fourth-order valence-electron chi connectivity index (χ4n) is 0.238. The van der Waals surface area contributed by atoms with E-state index in [9.17, 15) is 0 Å². The first-order valence-electron chi connectivity index (χ1n) is 2.12. The summed E-state index contributed by atoms with van der Waals surface area (Å²) in [5.41, 5.74) is 7.93. The standard InChI is InChI=1S/C4H8N2O/c1-3-7-4(2)6-5/h3H2,1-2H3. The summed E-state index contributed by atoms with van der Waals surface area (Å²) in [6, 6.07) is 0. The Kier molecular flexibility index (Phi) is 2.98. The molecule has 0 amide bonds. The molecule has 3 heteroatoms. The van der Waals surface area contributed by atoms with Crippen LogP contribution in [0.5, 0.6) is 0 Å². The molecule has 3 nitrogen and oxygen atoms in total. The number of nitrogens with zero attached hydrogens (tertiary/aromatic N) is 2. The first-order chi connectivity index (χ1) is 3.31. The van der Waals surface area contributed by atoms with Crippen LogP contribution in [-0.2, 0) is 4.74 Å². The Hall–Kier alpha value is -0.820. The maximum Gasteiger partial charge on any atom is 0.446 e. The SMILES string of the molecule is CCOC(C)=[N+]=[N-]. The molecular weight excluding hydrogens is 92.1 g/mol. The third-order valence-electron chi connectivity index (χ3n) is 0.494. The van der Waals surface area contributed by atoms with E-state index in [2.05, 4.69) is 4.79 Å². The number of hydrogen-bond acceptors (Lipinski definition) is 1. The van der Waals surface area contributed by atoms with E-state index in [0.717, 1.165) is 0 Å². The van der Waals surface area contributed by atoms with Gasteiger partial charge in [-0.2, -0.15) is 0 Å². The predicted octanol–water partition coefficient (Wildman–Crippen LogP) is 0.671. The first kappa shape index (κ1) is 6.18. The van der Waals surface area contributed by atoms with E-state index in [4.69, 9.17) is 10.3 Å². The highest BCUT2D eigenvalue weighted by Crippen LogP contribution is 1.70. The fraction of sp³-hybridized carbons (Fsp3) is 0.750. The Labute approximate surface area is 42.5 Å². The molecule has 0 aromatic rings. The van der Waals surface area contributed by atoms with Crippen molar-refractivity contribution >= 4 is 5.90 Å². The molecule has 7 heavy (non-hydrogen) atoms. The van der Waals surface area contributed by atoms with Crippen molar-refractivity contribution in [1.29, 1.82) is 0 Å². The molecule has 0 aromatic carbocycles. The van der Waals surface area contributed by atoms with Gasteiger partial charge in [-0.05, 0) is 6.92 Å². The summed E-state index contributed by atoms with van der Waals surface area (Å²) in [5, 5.41) is 0. The molecule has 0 aliphatic heterocycles. The van der Waals surface area contributed by atoms with Crippen LogP contribution in [-0.4, -0.2) is 17.3 Å². The van der Waals surface area contributed by atoms with Gasteiger partial charge in [0, 0.05) is 0 Å². The molecule has 0 bridgehead atoms. The molecule has 0 fully saturated rings. The van der Waals surface area contributed by atoms with Crippen LogP contribution in [0.1, 0.15) is 13.8 Å². The smallest absolute Gasteiger partial charge is 0.436 e. The van der Waals surface area contributed by atoms with Crippen molar-refractivity contribution in [3.63, 3.8) is 0 Å². The lowest BCUT2D eigenvalue weighted by Gasteiger charge is -1.85. The Bertz CT molecular complexity index is 93.9. The van der Waals surface area contributed by atoms with Gasteiger partial charge in [0.05, 0.1) is 13.5 Å². The van der Waals surface area contributed by atoms with Gasteiger partial charge in [-0.25, -0.2) is 0 Å². The van der Waals surface area contributed by atoms with Crippen LogP contribution in [0.15, 0.2) is 0 Å². The van der Waals surface area contributed by atoms with E-state index in [-0.39, 0.29) is 0 Å². The summed E-state index contributed by atoms with van der Waals surface area (Å²) < 4.78 is 4.69. The van der Waals surface area contributed by atoms with Crippen molar-refractivity contribution in [2.75, 3.05) is 6.61 Å². The lowest BCUT2D eigenvalue weighted by Crippen LogP contribution is -1.98. The minimum absolute atomic E-state index is 0.308. The highest BCUT2D eigenvalue weighted by atomic mass is 16.5. The second kappa shape index (κ2) is 3.37. The van der Waals surface area contributed by atoms with Crippen LogP contribution < -0.4 is 0 Å². The molecule has 0 aromatic heterocycles. The summed E-state index contributed by atoms with van der Waals surface area (Å²) in [6.07, 6.45) is 0. The molecule has 0 unspecified atom stereocenters. The molecule has 0 atom stereocenters. The molecule has 0 saturated heterocycles. The highest BCUT2D eigenvalue weighted by molar-refractivity contribution is 5.66. The second-order valence-electron chi connectivity index (χ2n) is 1.05. The van der Waals surface area contributed by atoms with Gasteiger partial charge in [0.2, 0.25) is 0 Å². The highest BCUT2D eigenvalue weighted by Gasteiger charge is 1.91. The van der Waals surface area contributed by atoms with Gasteiger partial charge in [0.15, 0.2) is 0 Å². The third kappa shape index (κ3) is 3.00. The molecule has 0 saturated carbocycles. The third-order valence-corrected chi connectivity index (χ3v) is 0.494. The molecule has 40 valence electrons. The van der Waals surface area contributed by atoms with E-state index >= 15 is 0 Å². The minimum atomic E-state index is 0.308. The Morgan fingerprint density at radius 2 is 2.43 bits per heavy atom. The Morgan fingerprint density at radius 3 is 2.57 bits per heavy atom. The fourth-order valence-corrected chi connectivity index (χ4v) is 0.238. The monoisotopic (exact) mass is 100 g/mol. The topological polar surface area (TPSA) is 45.6 Å². The van der Waals surface area contributed by atoms with E-state index in [1.165, 1.54) is 0 Å². The lowest BCUT2D eigenvalue weighted by molar-refractivity contribution is -0.0402. The summed E-state index contributed by atoms with van der Waals surface area (Å²) in [6.45, 7) is 3.97. The van der Waals surface area contributed by atoms with Gasteiger partial charge < -0.3 is 10.3 Å². The van der Waals surface area contributed by atoms with E-state index in [1.807, 2.05) is 6.92 Å². The van der Waals surface area contributed by atoms with Gasteiger partial charge in [-0.15, -0.1) is 4.79 Å². The van der Waals surface area contributed by atoms with Crippen LogP contribution in [0.2, 0.25) is 0 Å². The molecule has 0 heterocycles. The maximum atomic E-state index is 7.93. The van der Waals surface area contributed by atoms with Crippen molar-refractivity contribution < 1.29 is 9.53 Å². The molecule has 0 aliphatic rings. The average Bonchev–Trinajstić information content (AvgIpc) is 1.68. The van der Waals surface area contributed by atoms with Crippen LogP contribution >= 0.6 is 0 Å². The Morgan fingerprint density at radius 1 is 1.86 bits per heavy atom. The van der Waals surface area contributed by atoms with Crippen molar-refractivity contribution in [2.45, 2.75) is 13.8 Å². The summed E-state index contributed by atoms with van der Waals surface area (Å²) in [5.74, 6) is 0.308. The number of hydrogen-bond donors (Lipinski definition) is 0. The van der Waals surface area contributed by atoms with Crippen molar-refractivity contribution in [3.05, 3.63) is 5.53 Å². The minimum Gasteiger partial charge on any atom is -0.436 e. The second-order valence-corrected chi connectivity index (χ2v) is 1.05. The van der Waals surface area contributed by atoms with E-state index in [1.54, 1.807) is 6.92 Å². The Balaban J connectivity index is 3.37. The summed E-state index contributed by atoms with van der Waals surface area (Å²) >= 11 is 0. The predicted molar refractivity (Wildman–Crippen MR) is 25.9 cm³/mol. The largest absolute Gasteiger partial charge is 0.446 e. The molecule has 0 aliphatic carbocycles. The normalized spacial score (nSPS) is 7.14. The molecular formula is C4H8N2O. The summed E-state index contributed by atoms with van der Waals surface area (Å²) in [7, 11) is 0. The van der Waals surface area contributed by atoms with Crippen LogP contribution in [0.3, 0.4) is 0 Å². The van der Waals surface area contributed by atoms with Gasteiger partial charge in [-0.3, -0.25) is 0 Å². The van der Waals surface area contributed by atoms with Crippen molar-refractivity contribution in [2.24, 2.45) is 0 Å². The van der Waals surface area contributed by atoms with Crippen LogP contribution in [0.25, 0.3) is 5.53 Å². The van der Waals surface area contributed by atoms with Crippen molar-refractivity contribution in [1.82, 2.24) is 0 Å². The molecule has 0 rings (SSSR count). The van der Waals surface area contributed by atoms with Crippen LogP contribution in [0.4, 0.5) is 0 Å². The first-order valence-corrected chi connectivity index (χ1v) is 2.12. The number of rotatable bonds is 1. The van der Waals surface area contributed by atoms with Crippen LogP contribution in [0, 0.1) is 0 Å². The van der Waals surface area contributed by atoms with E-state index < -0.39 is 0 Å². The van der Waals surface area contributed by atoms with Gasteiger partial charge in [-0.1, -0.05) is 0 Å². The van der Waals surface area contributed by atoms with Gasteiger partial charge >= 0.3 is 5.90 Å². The lowest BCUT2D eigenvalue weighted by atomic mass is 10.7. The zero-order valence-corrected chi connectivity index (χ0v) is 4.51. The quantitative estimate of drug-likeness (QED) is 0.207. The molecule has 0 spiro atoms. The van der Waals surface area contributed by atoms with Gasteiger partial charge in [0.1, 0.15) is 0 Å². The maximum absolute atomic E-state index is 7.93.